The highest BCUT2D eigenvalue weighted by molar-refractivity contribution is 7.89. The summed E-state index contributed by atoms with van der Waals surface area (Å²) in [6.07, 6.45) is 0. The fourth-order valence-electron chi connectivity index (χ4n) is 2.00. The first-order valence-corrected chi connectivity index (χ1v) is 8.74. The maximum absolute atomic E-state index is 13.8. The molecule has 5 nitrogen and oxygen atoms in total. The molecule has 0 spiro atoms. The van der Waals surface area contributed by atoms with Crippen LogP contribution in [0.3, 0.4) is 0 Å². The summed E-state index contributed by atoms with van der Waals surface area (Å²) in [5.41, 5.74) is 0.677. The molecular weight excluding hydrogens is 355 g/mol. The molecule has 128 valence electrons. The van der Waals surface area contributed by atoms with Crippen molar-refractivity contribution in [3.05, 3.63) is 58.4 Å². The number of rotatable bonds is 4. The number of hydrogen-bond donors (Lipinski definition) is 1. The van der Waals surface area contributed by atoms with Gasteiger partial charge in [0.2, 0.25) is 10.0 Å². The number of nitrogens with one attached hydrogen (secondary N) is 1. The molecule has 2 aromatic rings. The number of carbonyl (C=O) groups is 1. The largest absolute Gasteiger partial charge is 0.319 e. The number of nitrogens with zero attached hydrogens (tertiary/aromatic N) is 1. The average molecular weight is 371 g/mol. The van der Waals surface area contributed by atoms with Crippen molar-refractivity contribution >= 4 is 33.2 Å². The van der Waals surface area contributed by atoms with Crippen LogP contribution in [0.2, 0.25) is 5.02 Å². The normalized spacial score (nSPS) is 11.6. The Morgan fingerprint density at radius 1 is 1.17 bits per heavy atom. The zero-order valence-electron chi connectivity index (χ0n) is 13.3. The van der Waals surface area contributed by atoms with Crippen molar-refractivity contribution in [2.75, 3.05) is 19.4 Å². The van der Waals surface area contributed by atoms with E-state index in [2.05, 4.69) is 5.32 Å². The average Bonchev–Trinajstić information content (AvgIpc) is 2.50. The van der Waals surface area contributed by atoms with Crippen LogP contribution >= 0.6 is 11.6 Å². The molecule has 0 aliphatic heterocycles. The van der Waals surface area contributed by atoms with Gasteiger partial charge in [0.05, 0.1) is 10.6 Å². The molecule has 0 heterocycles. The fraction of sp³-hybridized carbons (Fsp3) is 0.188. The standard InChI is InChI=1S/C16H16ClFN2O3S/c1-10-4-6-12(24(22,23)20(2)3)9-13(10)16(21)19-15-7-5-11(17)8-14(15)18/h4-9H,1-3H3,(H,19,21). The Labute approximate surface area is 145 Å². The molecule has 0 atom stereocenters. The minimum atomic E-state index is -3.67. The number of aryl methyl sites for hydroxylation is 1. The molecule has 0 aliphatic carbocycles. The Balaban J connectivity index is 2.39. The van der Waals surface area contributed by atoms with Gasteiger partial charge in [-0.15, -0.1) is 0 Å². The van der Waals surface area contributed by atoms with Gasteiger partial charge in [-0.1, -0.05) is 17.7 Å². The van der Waals surface area contributed by atoms with Gasteiger partial charge in [-0.3, -0.25) is 4.79 Å². The zero-order valence-corrected chi connectivity index (χ0v) is 14.9. The second-order valence-corrected chi connectivity index (χ2v) is 7.93. The van der Waals surface area contributed by atoms with Crippen LogP contribution in [0.15, 0.2) is 41.3 Å². The Bertz CT molecular complexity index is 898. The van der Waals surface area contributed by atoms with Crippen LogP contribution in [-0.2, 0) is 10.0 Å². The highest BCUT2D eigenvalue weighted by Gasteiger charge is 2.20. The van der Waals surface area contributed by atoms with Crippen molar-refractivity contribution in [2.45, 2.75) is 11.8 Å². The van der Waals surface area contributed by atoms with Gasteiger partial charge in [-0.2, -0.15) is 0 Å². The number of anilines is 1. The third-order valence-electron chi connectivity index (χ3n) is 3.41. The number of halogens is 2. The van der Waals surface area contributed by atoms with Gasteiger partial charge in [0, 0.05) is 24.7 Å². The summed E-state index contributed by atoms with van der Waals surface area (Å²) in [6.45, 7) is 1.67. The van der Waals surface area contributed by atoms with E-state index < -0.39 is 21.7 Å². The van der Waals surface area contributed by atoms with Crippen molar-refractivity contribution in [1.82, 2.24) is 4.31 Å². The first-order chi connectivity index (χ1) is 11.1. The third-order valence-corrected chi connectivity index (χ3v) is 5.46. The molecule has 0 radical (unpaired) electrons. The SMILES string of the molecule is Cc1ccc(S(=O)(=O)N(C)C)cc1C(=O)Nc1ccc(Cl)cc1F. The van der Waals surface area contributed by atoms with Crippen LogP contribution in [-0.4, -0.2) is 32.7 Å². The van der Waals surface area contributed by atoms with E-state index in [1.165, 1.54) is 44.4 Å². The molecule has 0 unspecified atom stereocenters. The van der Waals surface area contributed by atoms with Gasteiger partial charge in [0.15, 0.2) is 0 Å². The lowest BCUT2D eigenvalue weighted by Crippen LogP contribution is -2.23. The van der Waals surface area contributed by atoms with Crippen molar-refractivity contribution in [3.63, 3.8) is 0 Å². The molecule has 0 aliphatic rings. The highest BCUT2D eigenvalue weighted by atomic mass is 35.5. The second-order valence-electron chi connectivity index (χ2n) is 5.34. The van der Waals surface area contributed by atoms with E-state index in [1.807, 2.05) is 0 Å². The van der Waals surface area contributed by atoms with E-state index in [9.17, 15) is 17.6 Å². The Kier molecular flexibility index (Phi) is 5.27. The molecular formula is C16H16ClFN2O3S. The first kappa shape index (κ1) is 18.4. The molecule has 2 rings (SSSR count). The molecule has 1 N–H and O–H groups in total. The lowest BCUT2D eigenvalue weighted by molar-refractivity contribution is 0.102. The van der Waals surface area contributed by atoms with Crippen molar-refractivity contribution in [2.24, 2.45) is 0 Å². The minimum Gasteiger partial charge on any atom is -0.319 e. The maximum atomic E-state index is 13.8. The lowest BCUT2D eigenvalue weighted by Gasteiger charge is -2.14. The highest BCUT2D eigenvalue weighted by Crippen LogP contribution is 2.22. The van der Waals surface area contributed by atoms with Gasteiger partial charge >= 0.3 is 0 Å². The first-order valence-electron chi connectivity index (χ1n) is 6.92. The Morgan fingerprint density at radius 2 is 1.83 bits per heavy atom. The fourth-order valence-corrected chi connectivity index (χ4v) is 3.08. The monoisotopic (exact) mass is 370 g/mol. The van der Waals surface area contributed by atoms with Crippen LogP contribution in [0, 0.1) is 12.7 Å². The van der Waals surface area contributed by atoms with Gasteiger partial charge in [-0.25, -0.2) is 17.1 Å². The van der Waals surface area contributed by atoms with Gasteiger partial charge in [0.1, 0.15) is 5.82 Å². The molecule has 0 fully saturated rings. The summed E-state index contributed by atoms with van der Waals surface area (Å²) in [7, 11) is -0.873. The maximum Gasteiger partial charge on any atom is 0.256 e. The lowest BCUT2D eigenvalue weighted by atomic mass is 10.1. The number of hydrogen-bond acceptors (Lipinski definition) is 3. The molecule has 0 saturated carbocycles. The Hall–Kier alpha value is -1.96. The molecule has 1 amide bonds. The minimum absolute atomic E-state index is 0.0140. The summed E-state index contributed by atoms with van der Waals surface area (Å²) >= 11 is 5.67. The van der Waals surface area contributed by atoms with Crippen LogP contribution in [0.4, 0.5) is 10.1 Å². The quantitative estimate of drug-likeness (QED) is 0.898. The topological polar surface area (TPSA) is 66.5 Å². The summed E-state index contributed by atoms with van der Waals surface area (Å²) in [5.74, 6) is -1.28. The van der Waals surface area contributed by atoms with Crippen LogP contribution in [0.25, 0.3) is 0 Å². The van der Waals surface area contributed by atoms with E-state index in [0.29, 0.717) is 5.56 Å². The van der Waals surface area contributed by atoms with Crippen molar-refractivity contribution < 1.29 is 17.6 Å². The molecule has 2 aromatic carbocycles. The number of amides is 1. The molecule has 8 heteroatoms. The van der Waals surface area contributed by atoms with Gasteiger partial charge < -0.3 is 5.32 Å². The summed E-state index contributed by atoms with van der Waals surface area (Å²) < 4.78 is 39.2. The molecule has 0 saturated heterocycles. The molecule has 0 aromatic heterocycles. The van der Waals surface area contributed by atoms with E-state index in [0.717, 1.165) is 10.4 Å². The molecule has 0 bridgehead atoms. The summed E-state index contributed by atoms with van der Waals surface area (Å²) in [5, 5.41) is 2.63. The number of benzene rings is 2. The third kappa shape index (κ3) is 3.75. The van der Waals surface area contributed by atoms with E-state index in [4.69, 9.17) is 11.6 Å². The summed E-state index contributed by atoms with van der Waals surface area (Å²) in [4.78, 5) is 12.4. The van der Waals surface area contributed by atoms with Crippen LogP contribution in [0.5, 0.6) is 0 Å². The van der Waals surface area contributed by atoms with E-state index >= 15 is 0 Å². The van der Waals surface area contributed by atoms with Crippen LogP contribution < -0.4 is 5.32 Å². The summed E-state index contributed by atoms with van der Waals surface area (Å²) in [6, 6.07) is 8.09. The predicted molar refractivity (Wildman–Crippen MR) is 91.4 cm³/mol. The van der Waals surface area contributed by atoms with Gasteiger partial charge in [-0.05, 0) is 42.8 Å². The van der Waals surface area contributed by atoms with Crippen LogP contribution in [0.1, 0.15) is 15.9 Å². The second kappa shape index (κ2) is 6.88. The van der Waals surface area contributed by atoms with Gasteiger partial charge in [0.25, 0.3) is 5.91 Å². The Morgan fingerprint density at radius 3 is 2.42 bits per heavy atom. The smallest absolute Gasteiger partial charge is 0.256 e. The van der Waals surface area contributed by atoms with Crippen molar-refractivity contribution in [1.29, 1.82) is 0 Å². The number of carbonyl (C=O) groups excluding carboxylic acids is 1. The van der Waals surface area contributed by atoms with E-state index in [1.54, 1.807) is 6.92 Å². The zero-order chi connectivity index (χ0) is 18.1. The van der Waals surface area contributed by atoms with Crippen molar-refractivity contribution in [3.8, 4) is 0 Å². The van der Waals surface area contributed by atoms with E-state index in [-0.39, 0.29) is 21.2 Å². The predicted octanol–water partition coefficient (Wildman–Crippen LogP) is 3.29. The number of sulfonamides is 1. The molecule has 24 heavy (non-hydrogen) atoms.